The molecule has 0 aromatic heterocycles. The van der Waals surface area contributed by atoms with Gasteiger partial charge in [-0.15, -0.1) is 0 Å². The van der Waals surface area contributed by atoms with Gasteiger partial charge < -0.3 is 5.11 Å². The first-order valence-corrected chi connectivity index (χ1v) is 5.79. The molecule has 0 amide bonds. The first-order chi connectivity index (χ1) is 7.22. The molecule has 2 nitrogen and oxygen atoms in total. The Morgan fingerprint density at radius 2 is 2.40 bits per heavy atom. The lowest BCUT2D eigenvalue weighted by Crippen LogP contribution is -2.02. The van der Waals surface area contributed by atoms with Gasteiger partial charge in [0.2, 0.25) is 0 Å². The van der Waals surface area contributed by atoms with Crippen LogP contribution in [-0.4, -0.2) is 17.0 Å². The zero-order valence-corrected chi connectivity index (χ0v) is 9.36. The van der Waals surface area contributed by atoms with Crippen molar-refractivity contribution in [2.75, 3.05) is 0 Å². The second-order valence-electron chi connectivity index (χ2n) is 4.14. The molecular formula is C13H20O2. The van der Waals surface area contributed by atoms with E-state index in [0.29, 0.717) is 6.42 Å². The molecule has 0 bridgehead atoms. The Bertz CT molecular complexity index is 253. The van der Waals surface area contributed by atoms with Gasteiger partial charge in [0.15, 0.2) is 5.78 Å². The standard InChI is InChI=1S/C13H20O2/c1-2-3-4-5-12(14)8-6-11-7-9-13(15)10-11/h6-9,11-12,14H,2-5,10H2,1H3/b8-6+/t11-,12?/m0/s1. The highest BCUT2D eigenvalue weighted by Gasteiger charge is 2.12. The summed E-state index contributed by atoms with van der Waals surface area (Å²) in [6.07, 6.45) is 11.8. The highest BCUT2D eigenvalue weighted by Crippen LogP contribution is 2.16. The maximum absolute atomic E-state index is 10.9. The van der Waals surface area contributed by atoms with Crippen molar-refractivity contribution >= 4 is 5.78 Å². The predicted octanol–water partition coefficient (Wildman–Crippen LogP) is 2.63. The fourth-order valence-electron chi connectivity index (χ4n) is 1.70. The lowest BCUT2D eigenvalue weighted by Gasteiger charge is -2.05. The average molecular weight is 208 g/mol. The van der Waals surface area contributed by atoms with Gasteiger partial charge in [-0.3, -0.25) is 4.79 Å². The molecule has 84 valence electrons. The Kier molecular flexibility index (Phi) is 5.33. The van der Waals surface area contributed by atoms with Crippen molar-refractivity contribution in [2.45, 2.75) is 45.1 Å². The number of carbonyl (C=O) groups is 1. The van der Waals surface area contributed by atoms with Gasteiger partial charge in [0.1, 0.15) is 0 Å². The van der Waals surface area contributed by atoms with E-state index in [-0.39, 0.29) is 17.8 Å². The topological polar surface area (TPSA) is 37.3 Å². The van der Waals surface area contributed by atoms with Crippen LogP contribution in [0.5, 0.6) is 0 Å². The molecule has 0 aromatic rings. The van der Waals surface area contributed by atoms with Gasteiger partial charge in [-0.25, -0.2) is 0 Å². The van der Waals surface area contributed by atoms with E-state index in [9.17, 15) is 9.90 Å². The summed E-state index contributed by atoms with van der Waals surface area (Å²) in [5, 5.41) is 9.61. The van der Waals surface area contributed by atoms with E-state index < -0.39 is 0 Å². The number of hydrogen-bond acceptors (Lipinski definition) is 2. The monoisotopic (exact) mass is 208 g/mol. The van der Waals surface area contributed by atoms with Gasteiger partial charge in [-0.05, 0) is 12.5 Å². The molecule has 0 heterocycles. The van der Waals surface area contributed by atoms with Crippen molar-refractivity contribution < 1.29 is 9.90 Å². The third kappa shape index (κ3) is 4.93. The number of unbranched alkanes of at least 4 members (excludes halogenated alkanes) is 2. The van der Waals surface area contributed by atoms with Crippen molar-refractivity contribution in [1.82, 2.24) is 0 Å². The van der Waals surface area contributed by atoms with Crippen LogP contribution < -0.4 is 0 Å². The summed E-state index contributed by atoms with van der Waals surface area (Å²) in [5.74, 6) is 0.392. The number of carbonyl (C=O) groups excluding carboxylic acids is 1. The van der Waals surface area contributed by atoms with Crippen LogP contribution in [0.2, 0.25) is 0 Å². The second kappa shape index (κ2) is 6.57. The number of ketones is 1. The zero-order valence-electron chi connectivity index (χ0n) is 9.36. The molecule has 1 N–H and O–H groups in total. The van der Waals surface area contributed by atoms with Crippen LogP contribution in [0.3, 0.4) is 0 Å². The smallest absolute Gasteiger partial charge is 0.156 e. The van der Waals surface area contributed by atoms with Crippen LogP contribution in [-0.2, 0) is 4.79 Å². The minimum atomic E-state index is -0.347. The fourth-order valence-corrected chi connectivity index (χ4v) is 1.70. The summed E-state index contributed by atoms with van der Waals surface area (Å²) in [7, 11) is 0. The van der Waals surface area contributed by atoms with Crippen LogP contribution in [0.25, 0.3) is 0 Å². The average Bonchev–Trinajstić information content (AvgIpc) is 2.62. The van der Waals surface area contributed by atoms with Crippen molar-refractivity contribution in [3.8, 4) is 0 Å². The van der Waals surface area contributed by atoms with Gasteiger partial charge in [0.05, 0.1) is 6.10 Å². The van der Waals surface area contributed by atoms with Crippen LogP contribution in [0.4, 0.5) is 0 Å². The number of allylic oxidation sites excluding steroid dienone is 3. The SMILES string of the molecule is CCCCCC(O)/C=C/[C@H]1C=CC(=O)C1. The molecule has 15 heavy (non-hydrogen) atoms. The second-order valence-corrected chi connectivity index (χ2v) is 4.14. The fraction of sp³-hybridized carbons (Fsp3) is 0.615. The third-order valence-corrected chi connectivity index (χ3v) is 2.65. The van der Waals surface area contributed by atoms with Crippen molar-refractivity contribution in [2.24, 2.45) is 5.92 Å². The Hall–Kier alpha value is -0.890. The summed E-state index contributed by atoms with van der Waals surface area (Å²) >= 11 is 0. The normalized spacial score (nSPS) is 22.8. The number of aliphatic hydroxyl groups is 1. The maximum atomic E-state index is 10.9. The van der Waals surface area contributed by atoms with Crippen molar-refractivity contribution in [1.29, 1.82) is 0 Å². The molecule has 1 rings (SSSR count). The lowest BCUT2D eigenvalue weighted by atomic mass is 10.1. The largest absolute Gasteiger partial charge is 0.389 e. The Labute approximate surface area is 91.7 Å². The Morgan fingerprint density at radius 1 is 1.60 bits per heavy atom. The van der Waals surface area contributed by atoms with E-state index in [1.54, 1.807) is 6.08 Å². The van der Waals surface area contributed by atoms with Crippen LogP contribution in [0.1, 0.15) is 39.0 Å². The number of rotatable bonds is 6. The van der Waals surface area contributed by atoms with Crippen LogP contribution in [0, 0.1) is 5.92 Å². The molecule has 0 radical (unpaired) electrons. The van der Waals surface area contributed by atoms with E-state index in [4.69, 9.17) is 0 Å². The molecule has 2 heteroatoms. The third-order valence-electron chi connectivity index (χ3n) is 2.65. The highest BCUT2D eigenvalue weighted by molar-refractivity contribution is 5.92. The van der Waals surface area contributed by atoms with Crippen LogP contribution in [0.15, 0.2) is 24.3 Å². The minimum Gasteiger partial charge on any atom is -0.389 e. The van der Waals surface area contributed by atoms with Gasteiger partial charge in [-0.2, -0.15) is 0 Å². The molecule has 1 aliphatic rings. The molecule has 1 aliphatic carbocycles. The van der Waals surface area contributed by atoms with Crippen molar-refractivity contribution in [3.05, 3.63) is 24.3 Å². The molecule has 0 saturated heterocycles. The molecule has 0 aliphatic heterocycles. The summed E-state index contributed by atoms with van der Waals surface area (Å²) in [6.45, 7) is 2.15. The summed E-state index contributed by atoms with van der Waals surface area (Å²) < 4.78 is 0. The first-order valence-electron chi connectivity index (χ1n) is 5.79. The molecule has 0 spiro atoms. The lowest BCUT2D eigenvalue weighted by molar-refractivity contribution is -0.114. The van der Waals surface area contributed by atoms with Gasteiger partial charge >= 0.3 is 0 Å². The van der Waals surface area contributed by atoms with Crippen LogP contribution >= 0.6 is 0 Å². The van der Waals surface area contributed by atoms with E-state index in [1.807, 2.05) is 18.2 Å². The van der Waals surface area contributed by atoms with E-state index >= 15 is 0 Å². The molecule has 1 unspecified atom stereocenters. The molecule has 0 fully saturated rings. The predicted molar refractivity (Wildman–Crippen MR) is 61.5 cm³/mol. The van der Waals surface area contributed by atoms with E-state index in [0.717, 1.165) is 12.8 Å². The Morgan fingerprint density at radius 3 is 3.00 bits per heavy atom. The minimum absolute atomic E-state index is 0.185. The first kappa shape index (κ1) is 12.2. The maximum Gasteiger partial charge on any atom is 0.156 e. The summed E-state index contributed by atoms with van der Waals surface area (Å²) in [5.41, 5.74) is 0. The quantitative estimate of drug-likeness (QED) is 0.538. The van der Waals surface area contributed by atoms with E-state index in [2.05, 4.69) is 6.92 Å². The number of aliphatic hydroxyl groups excluding tert-OH is 1. The molecule has 0 saturated carbocycles. The van der Waals surface area contributed by atoms with Gasteiger partial charge in [0.25, 0.3) is 0 Å². The summed E-state index contributed by atoms with van der Waals surface area (Å²) in [4.78, 5) is 10.9. The molecule has 2 atom stereocenters. The molecule has 0 aromatic carbocycles. The van der Waals surface area contributed by atoms with Gasteiger partial charge in [-0.1, -0.05) is 44.4 Å². The highest BCUT2D eigenvalue weighted by atomic mass is 16.3. The summed E-state index contributed by atoms with van der Waals surface area (Å²) in [6, 6.07) is 0. The Balaban J connectivity index is 2.19. The van der Waals surface area contributed by atoms with Gasteiger partial charge in [0, 0.05) is 12.3 Å². The number of hydrogen-bond donors (Lipinski definition) is 1. The molecular weight excluding hydrogens is 188 g/mol. The van der Waals surface area contributed by atoms with E-state index in [1.165, 1.54) is 12.8 Å². The zero-order chi connectivity index (χ0) is 11.1. The van der Waals surface area contributed by atoms with Crippen molar-refractivity contribution in [3.63, 3.8) is 0 Å².